The van der Waals surface area contributed by atoms with Gasteiger partial charge in [-0.25, -0.2) is 13.1 Å². The number of nitrogens with two attached hydrogens (primary N) is 1. The second kappa shape index (κ2) is 6.30. The van der Waals surface area contributed by atoms with Gasteiger partial charge in [-0.1, -0.05) is 12.8 Å². The van der Waals surface area contributed by atoms with Crippen LogP contribution < -0.4 is 10.5 Å². The molecule has 2 rings (SSSR count). The predicted molar refractivity (Wildman–Crippen MR) is 76.5 cm³/mol. The maximum absolute atomic E-state index is 12.2. The van der Waals surface area contributed by atoms with E-state index >= 15 is 0 Å². The van der Waals surface area contributed by atoms with Crippen LogP contribution in [0.3, 0.4) is 0 Å². The molecule has 1 aromatic heterocycles. The van der Waals surface area contributed by atoms with Crippen molar-refractivity contribution in [3.63, 3.8) is 0 Å². The molecule has 3 N–H and O–H groups in total. The normalized spacial score (nSPS) is 24.5. The summed E-state index contributed by atoms with van der Waals surface area (Å²) >= 11 is 1.72. The average molecular weight is 304 g/mol. The molecule has 2 unspecified atom stereocenters. The Balaban J connectivity index is 2.11. The highest BCUT2D eigenvalue weighted by Crippen LogP contribution is 2.28. The summed E-state index contributed by atoms with van der Waals surface area (Å²) in [5.74, 6) is 0.477. The molecule has 7 heteroatoms. The van der Waals surface area contributed by atoms with Gasteiger partial charge in [-0.05, 0) is 31.2 Å². The smallest absolute Gasteiger partial charge is 0.274 e. The van der Waals surface area contributed by atoms with E-state index in [0.717, 1.165) is 19.3 Å². The van der Waals surface area contributed by atoms with Gasteiger partial charge in [-0.2, -0.15) is 11.8 Å². The van der Waals surface area contributed by atoms with Gasteiger partial charge in [0.1, 0.15) is 5.76 Å². The van der Waals surface area contributed by atoms with Crippen LogP contribution in [0.5, 0.6) is 0 Å². The monoisotopic (exact) mass is 304 g/mol. The minimum Gasteiger partial charge on any atom is -0.447 e. The first kappa shape index (κ1) is 14.9. The Labute approximate surface area is 118 Å². The minimum atomic E-state index is -3.58. The molecule has 0 aliphatic heterocycles. The Morgan fingerprint density at radius 1 is 1.42 bits per heavy atom. The van der Waals surface area contributed by atoms with Crippen LogP contribution >= 0.6 is 11.8 Å². The third-order valence-electron chi connectivity index (χ3n) is 3.41. The zero-order valence-electron chi connectivity index (χ0n) is 11.0. The molecule has 1 saturated carbocycles. The fourth-order valence-corrected chi connectivity index (χ4v) is 4.67. The molecular weight excluding hydrogens is 284 g/mol. The molecular formula is C12H20N2O3S2. The first-order valence-corrected chi connectivity index (χ1v) is 9.18. The van der Waals surface area contributed by atoms with E-state index in [4.69, 9.17) is 10.2 Å². The van der Waals surface area contributed by atoms with Crippen molar-refractivity contribution in [2.24, 2.45) is 5.73 Å². The third-order valence-corrected chi connectivity index (χ3v) is 5.95. The van der Waals surface area contributed by atoms with Crippen molar-refractivity contribution in [1.82, 2.24) is 4.72 Å². The standard InChI is InChI=1S/C12H20N2O3S2/c1-18-11-5-3-2-4-10(11)14-19(15,16)12-7-6-9(8-13)17-12/h6-7,10-11,14H,2-5,8,13H2,1H3. The van der Waals surface area contributed by atoms with Crippen LogP contribution in [-0.4, -0.2) is 26.0 Å². The molecule has 0 saturated heterocycles. The summed E-state index contributed by atoms with van der Waals surface area (Å²) in [5.41, 5.74) is 5.42. The van der Waals surface area contributed by atoms with Crippen LogP contribution in [0.25, 0.3) is 0 Å². The van der Waals surface area contributed by atoms with Crippen molar-refractivity contribution in [1.29, 1.82) is 0 Å². The highest BCUT2D eigenvalue weighted by atomic mass is 32.2. The topological polar surface area (TPSA) is 85.3 Å². The van der Waals surface area contributed by atoms with Crippen LogP contribution in [0.15, 0.2) is 21.6 Å². The molecule has 5 nitrogen and oxygen atoms in total. The number of nitrogens with one attached hydrogen (secondary N) is 1. The Morgan fingerprint density at radius 2 is 2.16 bits per heavy atom. The first-order valence-electron chi connectivity index (χ1n) is 6.40. The van der Waals surface area contributed by atoms with Crippen LogP contribution in [0.1, 0.15) is 31.4 Å². The summed E-state index contributed by atoms with van der Waals surface area (Å²) in [6, 6.07) is 3.04. The molecule has 0 amide bonds. The van der Waals surface area contributed by atoms with E-state index < -0.39 is 10.0 Å². The van der Waals surface area contributed by atoms with Gasteiger partial charge in [0.15, 0.2) is 0 Å². The Hall–Kier alpha value is -0.500. The lowest BCUT2D eigenvalue weighted by Crippen LogP contribution is -2.43. The fraction of sp³-hybridized carbons (Fsp3) is 0.667. The molecule has 1 aromatic rings. The van der Waals surface area contributed by atoms with Gasteiger partial charge in [0.2, 0.25) is 5.09 Å². The Bertz CT molecular complexity index is 513. The van der Waals surface area contributed by atoms with Crippen molar-refractivity contribution in [2.45, 2.75) is 48.6 Å². The van der Waals surface area contributed by atoms with Gasteiger partial charge in [0.25, 0.3) is 10.0 Å². The number of furan rings is 1. The van der Waals surface area contributed by atoms with Crippen LogP contribution in [-0.2, 0) is 16.6 Å². The van der Waals surface area contributed by atoms with Crippen molar-refractivity contribution in [3.05, 3.63) is 17.9 Å². The molecule has 0 radical (unpaired) electrons. The Kier molecular flexibility index (Phi) is 4.94. The van der Waals surface area contributed by atoms with Gasteiger partial charge in [-0.15, -0.1) is 0 Å². The number of sulfonamides is 1. The van der Waals surface area contributed by atoms with E-state index in [1.54, 1.807) is 17.8 Å². The molecule has 0 bridgehead atoms. The summed E-state index contributed by atoms with van der Waals surface area (Å²) in [5, 5.41) is 0.297. The molecule has 1 aliphatic rings. The minimum absolute atomic E-state index is 0.0137. The van der Waals surface area contributed by atoms with E-state index in [-0.39, 0.29) is 17.7 Å². The second-order valence-electron chi connectivity index (χ2n) is 4.71. The molecule has 1 aliphatic carbocycles. The molecule has 0 spiro atoms. The van der Waals surface area contributed by atoms with Crippen molar-refractivity contribution in [3.8, 4) is 0 Å². The second-order valence-corrected chi connectivity index (χ2v) is 7.43. The molecule has 0 aromatic carbocycles. The van der Waals surface area contributed by atoms with E-state index in [2.05, 4.69) is 4.72 Å². The van der Waals surface area contributed by atoms with Gasteiger partial charge in [-0.3, -0.25) is 0 Å². The molecule has 19 heavy (non-hydrogen) atoms. The SMILES string of the molecule is CSC1CCCCC1NS(=O)(=O)c1ccc(CN)o1. The molecule has 108 valence electrons. The van der Waals surface area contributed by atoms with E-state index in [0.29, 0.717) is 11.0 Å². The van der Waals surface area contributed by atoms with E-state index in [9.17, 15) is 8.42 Å². The Morgan fingerprint density at radius 3 is 2.79 bits per heavy atom. The quantitative estimate of drug-likeness (QED) is 0.864. The maximum Gasteiger partial charge on any atom is 0.274 e. The van der Waals surface area contributed by atoms with Crippen molar-refractivity contribution < 1.29 is 12.8 Å². The summed E-state index contributed by atoms with van der Waals surface area (Å²) in [6.07, 6.45) is 6.20. The largest absolute Gasteiger partial charge is 0.447 e. The highest BCUT2D eigenvalue weighted by Gasteiger charge is 2.30. The average Bonchev–Trinajstić information content (AvgIpc) is 2.88. The van der Waals surface area contributed by atoms with Gasteiger partial charge in [0, 0.05) is 11.3 Å². The van der Waals surface area contributed by atoms with E-state index in [1.807, 2.05) is 6.26 Å². The summed E-state index contributed by atoms with van der Waals surface area (Å²) in [6.45, 7) is 0.201. The van der Waals surface area contributed by atoms with Crippen LogP contribution in [0, 0.1) is 0 Å². The summed E-state index contributed by atoms with van der Waals surface area (Å²) in [7, 11) is -3.58. The zero-order chi connectivity index (χ0) is 13.9. The van der Waals surface area contributed by atoms with Crippen LogP contribution in [0.4, 0.5) is 0 Å². The number of hydrogen-bond acceptors (Lipinski definition) is 5. The number of rotatable bonds is 5. The fourth-order valence-electron chi connectivity index (χ4n) is 2.38. The molecule has 1 fully saturated rings. The van der Waals surface area contributed by atoms with Crippen molar-refractivity contribution in [2.75, 3.05) is 6.26 Å². The lowest BCUT2D eigenvalue weighted by molar-refractivity contribution is 0.394. The molecule has 2 atom stereocenters. The third kappa shape index (κ3) is 3.53. The van der Waals surface area contributed by atoms with Gasteiger partial charge in [0.05, 0.1) is 6.54 Å². The lowest BCUT2D eigenvalue weighted by atomic mass is 9.96. The molecule has 1 heterocycles. The van der Waals surface area contributed by atoms with Gasteiger partial charge < -0.3 is 10.2 Å². The lowest BCUT2D eigenvalue weighted by Gasteiger charge is -2.30. The van der Waals surface area contributed by atoms with Crippen LogP contribution in [0.2, 0.25) is 0 Å². The summed E-state index contributed by atoms with van der Waals surface area (Å²) in [4.78, 5) is 0. The maximum atomic E-state index is 12.2. The predicted octanol–water partition coefficient (Wildman–Crippen LogP) is 1.69. The van der Waals surface area contributed by atoms with E-state index in [1.165, 1.54) is 12.5 Å². The van der Waals surface area contributed by atoms with Gasteiger partial charge >= 0.3 is 0 Å². The first-order chi connectivity index (χ1) is 9.06. The van der Waals surface area contributed by atoms with Crippen molar-refractivity contribution >= 4 is 21.8 Å². The summed E-state index contributed by atoms with van der Waals surface area (Å²) < 4.78 is 32.5. The zero-order valence-corrected chi connectivity index (χ0v) is 12.6. The number of hydrogen-bond donors (Lipinski definition) is 2. The number of thioether (sulfide) groups is 1. The highest BCUT2D eigenvalue weighted by molar-refractivity contribution is 7.99.